The van der Waals surface area contributed by atoms with Crippen LogP contribution in [0, 0.1) is 6.92 Å². The standard InChI is InChI=1S/C13H20N2O4S/c1-4-15(9-13(16)19-5-2)20(17,18)12-7-6-11(14)8-10(12)3/h6-8H,4-5,9,14H2,1-3H3. The van der Waals surface area contributed by atoms with Crippen molar-refractivity contribution < 1.29 is 17.9 Å². The monoisotopic (exact) mass is 300 g/mol. The summed E-state index contributed by atoms with van der Waals surface area (Å²) in [7, 11) is -3.74. The van der Waals surface area contributed by atoms with Gasteiger partial charge < -0.3 is 10.5 Å². The summed E-state index contributed by atoms with van der Waals surface area (Å²) < 4.78 is 30.9. The summed E-state index contributed by atoms with van der Waals surface area (Å²) >= 11 is 0. The number of nitrogens with zero attached hydrogens (tertiary/aromatic N) is 1. The molecule has 2 N–H and O–H groups in total. The maximum absolute atomic E-state index is 12.5. The van der Waals surface area contributed by atoms with Gasteiger partial charge in [-0.05, 0) is 37.6 Å². The summed E-state index contributed by atoms with van der Waals surface area (Å²) in [6.45, 7) is 5.12. The van der Waals surface area contributed by atoms with Crippen LogP contribution in [0.4, 0.5) is 5.69 Å². The van der Waals surface area contributed by atoms with Crippen molar-refractivity contribution in [2.24, 2.45) is 0 Å². The van der Waals surface area contributed by atoms with Crippen molar-refractivity contribution in [2.75, 3.05) is 25.4 Å². The topological polar surface area (TPSA) is 89.7 Å². The number of likely N-dealkylation sites (N-methyl/N-ethyl adjacent to an activating group) is 1. The number of anilines is 1. The van der Waals surface area contributed by atoms with Gasteiger partial charge in [0.1, 0.15) is 6.54 Å². The zero-order chi connectivity index (χ0) is 15.3. The van der Waals surface area contributed by atoms with Gasteiger partial charge in [0.2, 0.25) is 10.0 Å². The Balaban J connectivity index is 3.09. The minimum Gasteiger partial charge on any atom is -0.465 e. The number of ether oxygens (including phenoxy) is 1. The van der Waals surface area contributed by atoms with Gasteiger partial charge in [-0.3, -0.25) is 4.79 Å². The van der Waals surface area contributed by atoms with Crippen molar-refractivity contribution in [1.29, 1.82) is 0 Å². The molecule has 0 amide bonds. The molecule has 0 aromatic heterocycles. The van der Waals surface area contributed by atoms with Gasteiger partial charge in [0, 0.05) is 12.2 Å². The number of sulfonamides is 1. The Labute approximate surface area is 119 Å². The molecule has 0 unspecified atom stereocenters. The maximum atomic E-state index is 12.5. The number of benzene rings is 1. The van der Waals surface area contributed by atoms with E-state index in [1.165, 1.54) is 12.1 Å². The summed E-state index contributed by atoms with van der Waals surface area (Å²) in [5, 5.41) is 0. The van der Waals surface area contributed by atoms with Crippen molar-refractivity contribution in [2.45, 2.75) is 25.7 Å². The van der Waals surface area contributed by atoms with E-state index >= 15 is 0 Å². The highest BCUT2D eigenvalue weighted by atomic mass is 32.2. The molecule has 0 spiro atoms. The van der Waals surface area contributed by atoms with Gasteiger partial charge in [-0.2, -0.15) is 4.31 Å². The smallest absolute Gasteiger partial charge is 0.321 e. The van der Waals surface area contributed by atoms with Gasteiger partial charge in [-0.25, -0.2) is 8.42 Å². The van der Waals surface area contributed by atoms with E-state index in [0.29, 0.717) is 11.3 Å². The van der Waals surface area contributed by atoms with Gasteiger partial charge in [-0.1, -0.05) is 6.92 Å². The van der Waals surface area contributed by atoms with Crippen LogP contribution in [0.3, 0.4) is 0 Å². The second-order valence-electron chi connectivity index (χ2n) is 4.26. The van der Waals surface area contributed by atoms with Gasteiger partial charge in [0.05, 0.1) is 11.5 Å². The van der Waals surface area contributed by atoms with Crippen molar-refractivity contribution in [3.63, 3.8) is 0 Å². The molecule has 0 aliphatic rings. The van der Waals surface area contributed by atoms with Gasteiger partial charge in [0.25, 0.3) is 0 Å². The molecule has 0 bridgehead atoms. The van der Waals surface area contributed by atoms with Crippen LogP contribution in [0.1, 0.15) is 19.4 Å². The SMILES string of the molecule is CCOC(=O)CN(CC)S(=O)(=O)c1ccc(N)cc1C. The number of rotatable bonds is 6. The predicted molar refractivity (Wildman–Crippen MR) is 76.7 cm³/mol. The van der Waals surface area contributed by atoms with E-state index in [-0.39, 0.29) is 24.6 Å². The summed E-state index contributed by atoms with van der Waals surface area (Å²) in [4.78, 5) is 11.6. The molecule has 1 aromatic rings. The molecule has 0 atom stereocenters. The van der Waals surface area contributed by atoms with E-state index in [1.54, 1.807) is 26.8 Å². The molecule has 6 nitrogen and oxygen atoms in total. The van der Waals surface area contributed by atoms with Crippen LogP contribution in [0.2, 0.25) is 0 Å². The summed E-state index contributed by atoms with van der Waals surface area (Å²) in [6, 6.07) is 4.57. The first-order valence-electron chi connectivity index (χ1n) is 6.34. The lowest BCUT2D eigenvalue weighted by molar-refractivity contribution is -0.143. The molecule has 0 aliphatic heterocycles. The normalized spacial score (nSPS) is 11.6. The zero-order valence-corrected chi connectivity index (χ0v) is 12.7. The fourth-order valence-electron chi connectivity index (χ4n) is 1.82. The van der Waals surface area contributed by atoms with E-state index in [4.69, 9.17) is 10.5 Å². The van der Waals surface area contributed by atoms with Crippen molar-refractivity contribution in [1.82, 2.24) is 4.31 Å². The largest absolute Gasteiger partial charge is 0.465 e. The minimum atomic E-state index is -3.74. The van der Waals surface area contributed by atoms with Gasteiger partial charge in [0.15, 0.2) is 0 Å². The van der Waals surface area contributed by atoms with Crippen molar-refractivity contribution >= 4 is 21.7 Å². The molecule has 20 heavy (non-hydrogen) atoms. The number of carbonyl (C=O) groups excluding carboxylic acids is 1. The molecule has 1 rings (SSSR count). The van der Waals surface area contributed by atoms with Crippen LogP contribution in [0.15, 0.2) is 23.1 Å². The molecule has 0 saturated heterocycles. The van der Waals surface area contributed by atoms with Crippen LogP contribution >= 0.6 is 0 Å². The Morgan fingerprint density at radius 1 is 1.35 bits per heavy atom. The summed E-state index contributed by atoms with van der Waals surface area (Å²) in [5.41, 5.74) is 6.66. The Morgan fingerprint density at radius 2 is 2.00 bits per heavy atom. The summed E-state index contributed by atoms with van der Waals surface area (Å²) in [6.07, 6.45) is 0. The van der Waals surface area contributed by atoms with Crippen LogP contribution in [0.5, 0.6) is 0 Å². The first-order valence-corrected chi connectivity index (χ1v) is 7.78. The molecule has 7 heteroatoms. The second kappa shape index (κ2) is 6.71. The molecular weight excluding hydrogens is 280 g/mol. The fourth-order valence-corrected chi connectivity index (χ4v) is 3.42. The van der Waals surface area contributed by atoms with Gasteiger partial charge >= 0.3 is 5.97 Å². The lowest BCUT2D eigenvalue weighted by Gasteiger charge is -2.20. The maximum Gasteiger partial charge on any atom is 0.321 e. The highest BCUT2D eigenvalue weighted by Crippen LogP contribution is 2.21. The van der Waals surface area contributed by atoms with Crippen molar-refractivity contribution in [3.8, 4) is 0 Å². The number of esters is 1. The third kappa shape index (κ3) is 3.71. The van der Waals surface area contributed by atoms with E-state index in [9.17, 15) is 13.2 Å². The van der Waals surface area contributed by atoms with Crippen LogP contribution in [-0.2, 0) is 19.6 Å². The Morgan fingerprint density at radius 3 is 2.50 bits per heavy atom. The highest BCUT2D eigenvalue weighted by Gasteiger charge is 2.27. The average Bonchev–Trinajstić information content (AvgIpc) is 2.35. The number of hydrogen-bond acceptors (Lipinski definition) is 5. The van der Waals surface area contributed by atoms with Gasteiger partial charge in [-0.15, -0.1) is 0 Å². The van der Waals surface area contributed by atoms with Crippen molar-refractivity contribution in [3.05, 3.63) is 23.8 Å². The first kappa shape index (κ1) is 16.5. The van der Waals surface area contributed by atoms with E-state index in [1.807, 2.05) is 0 Å². The Kier molecular flexibility index (Phi) is 5.52. The first-order chi connectivity index (χ1) is 9.32. The average molecular weight is 300 g/mol. The van der Waals surface area contributed by atoms with E-state index in [0.717, 1.165) is 4.31 Å². The molecule has 0 heterocycles. The Hall–Kier alpha value is -1.60. The second-order valence-corrected chi connectivity index (χ2v) is 6.17. The molecular formula is C13H20N2O4S. The lowest BCUT2D eigenvalue weighted by Crippen LogP contribution is -2.36. The molecule has 0 saturated carbocycles. The molecule has 0 radical (unpaired) electrons. The quantitative estimate of drug-likeness (QED) is 0.629. The molecule has 0 fully saturated rings. The van der Waals surface area contributed by atoms with Crippen LogP contribution < -0.4 is 5.73 Å². The molecule has 112 valence electrons. The third-order valence-electron chi connectivity index (χ3n) is 2.78. The van der Waals surface area contributed by atoms with E-state index < -0.39 is 16.0 Å². The van der Waals surface area contributed by atoms with E-state index in [2.05, 4.69) is 0 Å². The minimum absolute atomic E-state index is 0.151. The summed E-state index contributed by atoms with van der Waals surface area (Å²) in [5.74, 6) is -0.564. The molecule has 0 aliphatic carbocycles. The number of aryl methyl sites for hydroxylation is 1. The van der Waals surface area contributed by atoms with Crippen LogP contribution in [-0.4, -0.2) is 38.4 Å². The number of nitrogens with two attached hydrogens (primary N) is 1. The number of hydrogen-bond donors (Lipinski definition) is 1. The fraction of sp³-hybridized carbons (Fsp3) is 0.462. The zero-order valence-electron chi connectivity index (χ0n) is 11.9. The number of nitrogen functional groups attached to an aromatic ring is 1. The molecule has 1 aromatic carbocycles. The van der Waals surface area contributed by atoms with Crippen LogP contribution in [0.25, 0.3) is 0 Å². The third-order valence-corrected chi connectivity index (χ3v) is 4.86. The number of carbonyl (C=O) groups is 1. The predicted octanol–water partition coefficient (Wildman–Crippen LogP) is 1.15. The highest BCUT2D eigenvalue weighted by molar-refractivity contribution is 7.89. The lowest BCUT2D eigenvalue weighted by atomic mass is 10.2. The Bertz CT molecular complexity index is 584.